The van der Waals surface area contributed by atoms with Crippen LogP contribution in [0, 0.1) is 5.82 Å². The fourth-order valence-corrected chi connectivity index (χ4v) is 3.02. The van der Waals surface area contributed by atoms with E-state index >= 15 is 0 Å². The van der Waals surface area contributed by atoms with Gasteiger partial charge in [-0.2, -0.15) is 0 Å². The van der Waals surface area contributed by atoms with Gasteiger partial charge in [0.25, 0.3) is 0 Å². The van der Waals surface area contributed by atoms with Gasteiger partial charge in [-0.05, 0) is 24.3 Å². The number of hydrogen-bond donors (Lipinski definition) is 1. The standard InChI is InChI=1S/C18H25FN4O3/c1-13(24)23-11-10-22(12-16(23)18(26)20-2)17(25)8-9-21(3)15-6-4-14(19)5-7-15/h4-7,16H,8-12H2,1-3H3,(H,20,26)/t16-/m1/s1. The van der Waals surface area contributed by atoms with Crippen molar-refractivity contribution >= 4 is 23.4 Å². The van der Waals surface area contributed by atoms with Gasteiger partial charge >= 0.3 is 0 Å². The number of likely N-dealkylation sites (N-methyl/N-ethyl adjacent to an activating group) is 1. The average molecular weight is 364 g/mol. The molecule has 8 heteroatoms. The monoisotopic (exact) mass is 364 g/mol. The van der Waals surface area contributed by atoms with Gasteiger partial charge in [0.05, 0.1) is 6.54 Å². The highest BCUT2D eigenvalue weighted by molar-refractivity contribution is 5.88. The Morgan fingerprint density at radius 1 is 1.23 bits per heavy atom. The molecule has 1 fully saturated rings. The van der Waals surface area contributed by atoms with Crippen LogP contribution in [0.5, 0.6) is 0 Å². The molecule has 1 N–H and O–H groups in total. The van der Waals surface area contributed by atoms with Crippen LogP contribution in [-0.4, -0.2) is 73.8 Å². The second-order valence-corrected chi connectivity index (χ2v) is 6.33. The van der Waals surface area contributed by atoms with Gasteiger partial charge < -0.3 is 20.0 Å². The summed E-state index contributed by atoms with van der Waals surface area (Å²) in [6, 6.07) is 5.41. The summed E-state index contributed by atoms with van der Waals surface area (Å²) in [4.78, 5) is 41.3. The third-order valence-corrected chi connectivity index (χ3v) is 4.62. The molecule has 1 aliphatic heterocycles. The van der Waals surface area contributed by atoms with Gasteiger partial charge in [0.15, 0.2) is 0 Å². The molecule has 26 heavy (non-hydrogen) atoms. The summed E-state index contributed by atoms with van der Waals surface area (Å²) in [6.45, 7) is 2.84. The quantitative estimate of drug-likeness (QED) is 0.824. The first kappa shape index (κ1) is 19.7. The van der Waals surface area contributed by atoms with Crippen molar-refractivity contribution < 1.29 is 18.8 Å². The zero-order valence-corrected chi connectivity index (χ0v) is 15.4. The molecule has 0 spiro atoms. The Kier molecular flexibility index (Phi) is 6.54. The maximum atomic E-state index is 13.0. The molecule has 1 aromatic rings. The van der Waals surface area contributed by atoms with Crippen LogP contribution < -0.4 is 10.2 Å². The van der Waals surface area contributed by atoms with Crippen molar-refractivity contribution in [1.29, 1.82) is 0 Å². The molecule has 7 nitrogen and oxygen atoms in total. The predicted molar refractivity (Wildman–Crippen MR) is 96.1 cm³/mol. The van der Waals surface area contributed by atoms with Crippen molar-refractivity contribution in [3.63, 3.8) is 0 Å². The zero-order chi connectivity index (χ0) is 19.3. The molecule has 1 atom stereocenters. The minimum Gasteiger partial charge on any atom is -0.374 e. The lowest BCUT2D eigenvalue weighted by Gasteiger charge is -2.40. The first-order valence-electron chi connectivity index (χ1n) is 8.56. The Labute approximate surface area is 152 Å². The van der Waals surface area contributed by atoms with E-state index in [1.165, 1.54) is 31.0 Å². The van der Waals surface area contributed by atoms with E-state index in [2.05, 4.69) is 5.32 Å². The minimum atomic E-state index is -0.662. The van der Waals surface area contributed by atoms with Crippen LogP contribution in [0.15, 0.2) is 24.3 Å². The van der Waals surface area contributed by atoms with E-state index < -0.39 is 6.04 Å². The van der Waals surface area contributed by atoms with Gasteiger partial charge in [-0.3, -0.25) is 14.4 Å². The molecule has 0 saturated carbocycles. The summed E-state index contributed by atoms with van der Waals surface area (Å²) in [5.41, 5.74) is 0.823. The van der Waals surface area contributed by atoms with E-state index in [1.807, 2.05) is 11.9 Å². The Morgan fingerprint density at radius 3 is 2.46 bits per heavy atom. The number of carbonyl (C=O) groups excluding carboxylic acids is 3. The van der Waals surface area contributed by atoms with E-state index in [9.17, 15) is 18.8 Å². The zero-order valence-electron chi connectivity index (χ0n) is 15.4. The molecule has 0 aliphatic carbocycles. The summed E-state index contributed by atoms with van der Waals surface area (Å²) in [5.74, 6) is -0.833. The SMILES string of the molecule is CNC(=O)[C@H]1CN(C(=O)CCN(C)c2ccc(F)cc2)CCN1C(C)=O. The van der Waals surface area contributed by atoms with Crippen LogP contribution in [0.1, 0.15) is 13.3 Å². The number of nitrogens with one attached hydrogen (secondary N) is 1. The second kappa shape index (κ2) is 8.64. The first-order chi connectivity index (χ1) is 12.3. The maximum absolute atomic E-state index is 13.0. The topological polar surface area (TPSA) is 73.0 Å². The third-order valence-electron chi connectivity index (χ3n) is 4.62. The van der Waals surface area contributed by atoms with Crippen molar-refractivity contribution in [3.05, 3.63) is 30.1 Å². The van der Waals surface area contributed by atoms with E-state index in [1.54, 1.807) is 17.0 Å². The molecule has 1 heterocycles. The highest BCUT2D eigenvalue weighted by Gasteiger charge is 2.35. The summed E-state index contributed by atoms with van der Waals surface area (Å²) >= 11 is 0. The number of halogens is 1. The second-order valence-electron chi connectivity index (χ2n) is 6.33. The van der Waals surface area contributed by atoms with E-state index in [0.717, 1.165) is 5.69 Å². The molecule has 0 bridgehead atoms. The minimum absolute atomic E-state index is 0.0731. The number of benzene rings is 1. The predicted octanol–water partition coefficient (Wildman–Crippen LogP) is 0.457. The lowest BCUT2D eigenvalue weighted by Crippen LogP contribution is -2.61. The van der Waals surface area contributed by atoms with Crippen LogP contribution >= 0.6 is 0 Å². The molecular formula is C18H25FN4O3. The summed E-state index contributed by atoms with van der Waals surface area (Å²) < 4.78 is 13.0. The van der Waals surface area contributed by atoms with Crippen LogP contribution in [0.25, 0.3) is 0 Å². The van der Waals surface area contributed by atoms with Crippen LogP contribution in [0.3, 0.4) is 0 Å². The molecule has 2 rings (SSSR count). The number of rotatable bonds is 5. The summed E-state index contributed by atoms with van der Waals surface area (Å²) in [7, 11) is 3.35. The van der Waals surface area contributed by atoms with Crippen molar-refractivity contribution in [2.24, 2.45) is 0 Å². The lowest BCUT2D eigenvalue weighted by molar-refractivity contribution is -0.147. The van der Waals surface area contributed by atoms with Gasteiger partial charge in [0, 0.05) is 52.8 Å². The van der Waals surface area contributed by atoms with Crippen LogP contribution in [0.2, 0.25) is 0 Å². The van der Waals surface area contributed by atoms with Crippen molar-refractivity contribution in [1.82, 2.24) is 15.1 Å². The van der Waals surface area contributed by atoms with Gasteiger partial charge in [0.1, 0.15) is 11.9 Å². The molecule has 1 saturated heterocycles. The lowest BCUT2D eigenvalue weighted by atomic mass is 10.1. The van der Waals surface area contributed by atoms with Gasteiger partial charge in [-0.25, -0.2) is 4.39 Å². The van der Waals surface area contributed by atoms with Crippen LogP contribution in [0.4, 0.5) is 10.1 Å². The van der Waals surface area contributed by atoms with Gasteiger partial charge in [-0.15, -0.1) is 0 Å². The highest BCUT2D eigenvalue weighted by Crippen LogP contribution is 2.15. The fraction of sp³-hybridized carbons (Fsp3) is 0.500. The molecular weight excluding hydrogens is 339 g/mol. The van der Waals surface area contributed by atoms with E-state index in [4.69, 9.17) is 0 Å². The molecule has 3 amide bonds. The number of amides is 3. The summed E-state index contributed by atoms with van der Waals surface area (Å²) in [6.07, 6.45) is 0.272. The smallest absolute Gasteiger partial charge is 0.244 e. The Morgan fingerprint density at radius 2 is 1.88 bits per heavy atom. The molecule has 1 aliphatic rings. The Balaban J connectivity index is 1.93. The fourth-order valence-electron chi connectivity index (χ4n) is 3.02. The molecule has 0 aromatic heterocycles. The van der Waals surface area contributed by atoms with Crippen molar-refractivity contribution in [3.8, 4) is 0 Å². The van der Waals surface area contributed by atoms with Gasteiger partial charge in [0.2, 0.25) is 17.7 Å². The average Bonchev–Trinajstić information content (AvgIpc) is 2.65. The Bertz CT molecular complexity index is 665. The van der Waals surface area contributed by atoms with Crippen molar-refractivity contribution in [2.45, 2.75) is 19.4 Å². The third kappa shape index (κ3) is 4.71. The molecule has 1 aromatic carbocycles. The molecule has 142 valence electrons. The van der Waals surface area contributed by atoms with Crippen molar-refractivity contribution in [2.75, 3.05) is 45.2 Å². The highest BCUT2D eigenvalue weighted by atomic mass is 19.1. The number of carbonyl (C=O) groups is 3. The number of nitrogens with zero attached hydrogens (tertiary/aromatic N) is 3. The maximum Gasteiger partial charge on any atom is 0.244 e. The molecule has 0 unspecified atom stereocenters. The number of hydrogen-bond acceptors (Lipinski definition) is 4. The van der Waals surface area contributed by atoms with E-state index in [-0.39, 0.29) is 36.5 Å². The number of piperazine rings is 1. The first-order valence-corrected chi connectivity index (χ1v) is 8.56. The summed E-state index contributed by atoms with van der Waals surface area (Å²) in [5, 5.41) is 2.55. The van der Waals surface area contributed by atoms with Crippen LogP contribution in [-0.2, 0) is 14.4 Å². The number of anilines is 1. The largest absolute Gasteiger partial charge is 0.374 e. The molecule has 0 radical (unpaired) electrons. The normalized spacial score (nSPS) is 17.0. The van der Waals surface area contributed by atoms with E-state index in [0.29, 0.717) is 19.6 Å². The van der Waals surface area contributed by atoms with Gasteiger partial charge in [-0.1, -0.05) is 0 Å². The Hall–Kier alpha value is -2.64.